The lowest BCUT2D eigenvalue weighted by atomic mass is 9.96. The van der Waals surface area contributed by atoms with E-state index in [4.69, 9.17) is 4.42 Å². The minimum Gasteiger partial charge on any atom is -0.459 e. The SMILES string of the molecule is O=C(NCCCC(=O)N1CCCC(c2nnc3n2CCCCC3)C1)c1ccco1. The predicted octanol–water partition coefficient (Wildman–Crippen LogP) is 2.51. The highest BCUT2D eigenvalue weighted by Crippen LogP contribution is 2.28. The molecule has 0 spiro atoms. The molecule has 29 heavy (non-hydrogen) atoms. The zero-order valence-corrected chi connectivity index (χ0v) is 16.8. The van der Waals surface area contributed by atoms with Gasteiger partial charge in [0.15, 0.2) is 5.76 Å². The summed E-state index contributed by atoms with van der Waals surface area (Å²) in [6, 6.07) is 3.30. The van der Waals surface area contributed by atoms with E-state index in [9.17, 15) is 9.59 Å². The standard InChI is InChI=1S/C21H29N5O3/c27-19(10-4-11-22-21(28)17-8-6-14-29-17)25-12-5-7-16(15-25)20-24-23-18-9-2-1-3-13-26(18)20/h6,8,14,16H,1-5,7,9-13,15H2,(H,22,28). The van der Waals surface area contributed by atoms with Crippen molar-refractivity contribution in [2.45, 2.75) is 63.8 Å². The summed E-state index contributed by atoms with van der Waals surface area (Å²) in [5.41, 5.74) is 0. The fourth-order valence-electron chi connectivity index (χ4n) is 4.32. The Labute approximate surface area is 170 Å². The van der Waals surface area contributed by atoms with Crippen LogP contribution in [0.2, 0.25) is 0 Å². The van der Waals surface area contributed by atoms with E-state index in [2.05, 4.69) is 20.1 Å². The van der Waals surface area contributed by atoms with Gasteiger partial charge < -0.3 is 19.2 Å². The van der Waals surface area contributed by atoms with Gasteiger partial charge in [-0.05, 0) is 44.2 Å². The molecule has 4 rings (SSSR count). The Kier molecular flexibility index (Phi) is 6.27. The van der Waals surface area contributed by atoms with Crippen LogP contribution in [0.5, 0.6) is 0 Å². The summed E-state index contributed by atoms with van der Waals surface area (Å²) >= 11 is 0. The number of hydrogen-bond donors (Lipinski definition) is 1. The number of nitrogens with one attached hydrogen (secondary N) is 1. The Bertz CT molecular complexity index is 829. The topological polar surface area (TPSA) is 93.3 Å². The number of piperidine rings is 1. The van der Waals surface area contributed by atoms with Crippen LogP contribution in [0, 0.1) is 0 Å². The number of carbonyl (C=O) groups is 2. The zero-order chi connectivity index (χ0) is 20.1. The molecule has 8 nitrogen and oxygen atoms in total. The molecule has 1 atom stereocenters. The number of fused-ring (bicyclic) bond motifs is 1. The van der Waals surface area contributed by atoms with Crippen LogP contribution >= 0.6 is 0 Å². The van der Waals surface area contributed by atoms with Gasteiger partial charge in [0.1, 0.15) is 11.6 Å². The normalized spacial score (nSPS) is 19.4. The molecule has 8 heteroatoms. The third-order valence-corrected chi connectivity index (χ3v) is 5.88. The average molecular weight is 399 g/mol. The summed E-state index contributed by atoms with van der Waals surface area (Å²) in [5.74, 6) is 2.64. The van der Waals surface area contributed by atoms with Crippen molar-refractivity contribution in [2.24, 2.45) is 0 Å². The molecule has 2 aromatic rings. The lowest BCUT2D eigenvalue weighted by molar-refractivity contribution is -0.132. The van der Waals surface area contributed by atoms with Crippen molar-refractivity contribution in [3.8, 4) is 0 Å². The largest absolute Gasteiger partial charge is 0.459 e. The summed E-state index contributed by atoms with van der Waals surface area (Å²) in [6.07, 6.45) is 9.19. The quantitative estimate of drug-likeness (QED) is 0.754. The third kappa shape index (κ3) is 4.68. The number of rotatable bonds is 6. The van der Waals surface area contributed by atoms with Crippen molar-refractivity contribution in [1.29, 1.82) is 0 Å². The molecule has 0 bridgehead atoms. The van der Waals surface area contributed by atoms with Gasteiger partial charge in [0.05, 0.1) is 6.26 Å². The van der Waals surface area contributed by atoms with Crippen molar-refractivity contribution < 1.29 is 14.0 Å². The van der Waals surface area contributed by atoms with Crippen LogP contribution in [0.1, 0.15) is 73.1 Å². The number of carbonyl (C=O) groups excluding carboxylic acids is 2. The molecule has 2 aromatic heterocycles. The van der Waals surface area contributed by atoms with E-state index in [1.165, 1.54) is 25.5 Å². The van der Waals surface area contributed by atoms with E-state index in [-0.39, 0.29) is 17.7 Å². The summed E-state index contributed by atoms with van der Waals surface area (Å²) in [4.78, 5) is 26.5. The Balaban J connectivity index is 1.27. The Morgan fingerprint density at radius 1 is 1.17 bits per heavy atom. The monoisotopic (exact) mass is 399 g/mol. The fourth-order valence-corrected chi connectivity index (χ4v) is 4.32. The number of furan rings is 1. The van der Waals surface area contributed by atoms with Crippen LogP contribution in [-0.4, -0.2) is 51.1 Å². The first kappa shape index (κ1) is 19.7. The molecule has 4 heterocycles. The maximum atomic E-state index is 12.7. The minimum atomic E-state index is -0.243. The van der Waals surface area contributed by atoms with Gasteiger partial charge in [0, 0.05) is 44.9 Å². The van der Waals surface area contributed by atoms with E-state index in [0.29, 0.717) is 25.1 Å². The molecule has 1 saturated heterocycles. The molecule has 2 aliphatic rings. The van der Waals surface area contributed by atoms with Gasteiger partial charge in [-0.1, -0.05) is 6.42 Å². The molecule has 0 aromatic carbocycles. The number of nitrogens with zero attached hydrogens (tertiary/aromatic N) is 4. The summed E-state index contributed by atoms with van der Waals surface area (Å²) < 4.78 is 7.36. The molecular weight excluding hydrogens is 370 g/mol. The first-order chi connectivity index (χ1) is 14.2. The van der Waals surface area contributed by atoms with Crippen molar-refractivity contribution in [3.63, 3.8) is 0 Å². The van der Waals surface area contributed by atoms with Crippen molar-refractivity contribution >= 4 is 11.8 Å². The Morgan fingerprint density at radius 2 is 2.10 bits per heavy atom. The van der Waals surface area contributed by atoms with Gasteiger partial charge in [-0.25, -0.2) is 0 Å². The molecule has 1 N–H and O–H groups in total. The molecule has 156 valence electrons. The lowest BCUT2D eigenvalue weighted by Gasteiger charge is -2.32. The van der Waals surface area contributed by atoms with E-state index in [1.54, 1.807) is 12.1 Å². The van der Waals surface area contributed by atoms with Crippen LogP contribution in [0.25, 0.3) is 0 Å². The maximum Gasteiger partial charge on any atom is 0.286 e. The smallest absolute Gasteiger partial charge is 0.286 e. The van der Waals surface area contributed by atoms with Gasteiger partial charge in [-0.15, -0.1) is 10.2 Å². The summed E-state index contributed by atoms with van der Waals surface area (Å²) in [6.45, 7) is 2.97. The molecule has 1 unspecified atom stereocenters. The highest BCUT2D eigenvalue weighted by molar-refractivity contribution is 5.91. The van der Waals surface area contributed by atoms with Gasteiger partial charge in [0.2, 0.25) is 5.91 Å². The number of aromatic nitrogens is 3. The average Bonchev–Trinajstić information content (AvgIpc) is 3.37. The molecule has 2 amide bonds. The second-order valence-corrected chi connectivity index (χ2v) is 7.95. The van der Waals surface area contributed by atoms with Gasteiger partial charge in [-0.2, -0.15) is 0 Å². The molecule has 2 aliphatic heterocycles. The van der Waals surface area contributed by atoms with Crippen LogP contribution in [0.4, 0.5) is 0 Å². The number of aryl methyl sites for hydroxylation is 1. The van der Waals surface area contributed by atoms with Crippen LogP contribution in [0.15, 0.2) is 22.8 Å². The fraction of sp³-hybridized carbons (Fsp3) is 0.619. The molecule has 0 radical (unpaired) electrons. The molecular formula is C21H29N5O3. The predicted molar refractivity (Wildman–Crippen MR) is 106 cm³/mol. The first-order valence-corrected chi connectivity index (χ1v) is 10.7. The highest BCUT2D eigenvalue weighted by Gasteiger charge is 2.29. The number of amides is 2. The van der Waals surface area contributed by atoms with Gasteiger partial charge in [-0.3, -0.25) is 9.59 Å². The van der Waals surface area contributed by atoms with E-state index < -0.39 is 0 Å². The highest BCUT2D eigenvalue weighted by atomic mass is 16.3. The number of likely N-dealkylation sites (tertiary alicyclic amines) is 1. The minimum absolute atomic E-state index is 0.151. The van der Waals surface area contributed by atoms with Crippen LogP contribution in [0.3, 0.4) is 0 Å². The van der Waals surface area contributed by atoms with E-state index >= 15 is 0 Å². The molecule has 0 aliphatic carbocycles. The zero-order valence-electron chi connectivity index (χ0n) is 16.8. The second-order valence-electron chi connectivity index (χ2n) is 7.95. The van der Waals surface area contributed by atoms with E-state index in [0.717, 1.165) is 50.5 Å². The maximum absolute atomic E-state index is 12.7. The second kappa shape index (κ2) is 9.24. The molecule has 0 saturated carbocycles. The summed E-state index contributed by atoms with van der Waals surface area (Å²) in [5, 5.41) is 11.7. The lowest BCUT2D eigenvalue weighted by Crippen LogP contribution is -2.40. The summed E-state index contributed by atoms with van der Waals surface area (Å²) in [7, 11) is 0. The van der Waals surface area contributed by atoms with Crippen molar-refractivity contribution in [2.75, 3.05) is 19.6 Å². The van der Waals surface area contributed by atoms with Crippen LogP contribution in [-0.2, 0) is 17.8 Å². The van der Waals surface area contributed by atoms with Gasteiger partial charge >= 0.3 is 0 Å². The Hall–Kier alpha value is -2.64. The van der Waals surface area contributed by atoms with Crippen molar-refractivity contribution in [1.82, 2.24) is 25.0 Å². The third-order valence-electron chi connectivity index (χ3n) is 5.88. The Morgan fingerprint density at radius 3 is 2.97 bits per heavy atom. The van der Waals surface area contributed by atoms with Crippen molar-refractivity contribution in [3.05, 3.63) is 35.8 Å². The van der Waals surface area contributed by atoms with Gasteiger partial charge in [0.25, 0.3) is 5.91 Å². The first-order valence-electron chi connectivity index (χ1n) is 10.7. The van der Waals surface area contributed by atoms with Crippen LogP contribution < -0.4 is 5.32 Å². The number of hydrogen-bond acceptors (Lipinski definition) is 5. The van der Waals surface area contributed by atoms with E-state index in [1.807, 2.05) is 4.90 Å². The molecule has 1 fully saturated rings.